The minimum Gasteiger partial charge on any atom is -0.503 e. The number of Topliss-reactive ketones (excluding diaryl/α,β-unsaturated/α-hetero) is 1. The SMILES string of the molecule is Cc1ccc(N2C(=O)C(O)=C(C(=O)C(C)C)C2c2ccccc2)cc1. The van der Waals surface area contributed by atoms with Crippen molar-refractivity contribution in [2.24, 2.45) is 5.92 Å². The normalized spacial score (nSPS) is 17.5. The van der Waals surface area contributed by atoms with Gasteiger partial charge in [0.2, 0.25) is 0 Å². The van der Waals surface area contributed by atoms with Crippen molar-refractivity contribution in [2.75, 3.05) is 4.90 Å². The van der Waals surface area contributed by atoms with E-state index in [2.05, 4.69) is 0 Å². The van der Waals surface area contributed by atoms with Crippen molar-refractivity contribution < 1.29 is 14.7 Å². The van der Waals surface area contributed by atoms with Crippen molar-refractivity contribution in [1.29, 1.82) is 0 Å². The van der Waals surface area contributed by atoms with Gasteiger partial charge < -0.3 is 5.11 Å². The number of nitrogens with zero attached hydrogens (tertiary/aromatic N) is 1. The molecule has 1 atom stereocenters. The van der Waals surface area contributed by atoms with Gasteiger partial charge in [-0.3, -0.25) is 14.5 Å². The first kappa shape index (κ1) is 17.0. The molecule has 0 saturated heterocycles. The molecule has 1 amide bonds. The van der Waals surface area contributed by atoms with Crippen LogP contribution in [-0.4, -0.2) is 16.8 Å². The summed E-state index contributed by atoms with van der Waals surface area (Å²) in [6, 6.07) is 16.2. The van der Waals surface area contributed by atoms with Gasteiger partial charge in [-0.25, -0.2) is 0 Å². The highest BCUT2D eigenvalue weighted by atomic mass is 16.3. The van der Waals surface area contributed by atoms with Crippen LogP contribution < -0.4 is 4.90 Å². The molecular weight excluding hydrogens is 314 g/mol. The number of hydrogen-bond donors (Lipinski definition) is 1. The van der Waals surface area contributed by atoms with Gasteiger partial charge in [0, 0.05) is 11.6 Å². The van der Waals surface area contributed by atoms with Crippen LogP contribution in [0.2, 0.25) is 0 Å². The Kier molecular flexibility index (Phi) is 4.45. The summed E-state index contributed by atoms with van der Waals surface area (Å²) in [7, 11) is 0. The number of aliphatic hydroxyl groups excluding tert-OH is 1. The van der Waals surface area contributed by atoms with Crippen molar-refractivity contribution >= 4 is 17.4 Å². The smallest absolute Gasteiger partial charge is 0.294 e. The van der Waals surface area contributed by atoms with Crippen LogP contribution in [0, 0.1) is 12.8 Å². The van der Waals surface area contributed by atoms with Crippen molar-refractivity contribution in [3.63, 3.8) is 0 Å². The van der Waals surface area contributed by atoms with E-state index in [4.69, 9.17) is 0 Å². The summed E-state index contributed by atoms with van der Waals surface area (Å²) in [5.74, 6) is -1.52. The van der Waals surface area contributed by atoms with E-state index in [1.165, 1.54) is 4.90 Å². The van der Waals surface area contributed by atoms with Crippen molar-refractivity contribution in [3.8, 4) is 0 Å². The minimum atomic E-state index is -0.619. The lowest BCUT2D eigenvalue weighted by Crippen LogP contribution is -2.31. The number of benzene rings is 2. The van der Waals surface area contributed by atoms with Gasteiger partial charge >= 0.3 is 0 Å². The minimum absolute atomic E-state index is 0.173. The van der Waals surface area contributed by atoms with E-state index in [0.717, 1.165) is 11.1 Å². The predicted octanol–water partition coefficient (Wildman–Crippen LogP) is 4.12. The van der Waals surface area contributed by atoms with Crippen LogP contribution in [0.4, 0.5) is 5.69 Å². The standard InChI is InChI=1S/C21H21NO3/c1-13(2)19(23)17-18(15-7-5-4-6-8-15)22(21(25)20(17)24)16-11-9-14(3)10-12-16/h4-13,18,24H,1-3H3. The van der Waals surface area contributed by atoms with E-state index >= 15 is 0 Å². The molecule has 0 radical (unpaired) electrons. The fourth-order valence-electron chi connectivity index (χ4n) is 3.09. The molecule has 0 bridgehead atoms. The molecule has 1 N–H and O–H groups in total. The van der Waals surface area contributed by atoms with E-state index in [9.17, 15) is 14.7 Å². The molecule has 0 spiro atoms. The van der Waals surface area contributed by atoms with Crippen LogP contribution in [0.25, 0.3) is 0 Å². The quantitative estimate of drug-likeness (QED) is 0.914. The van der Waals surface area contributed by atoms with E-state index in [1.807, 2.05) is 61.5 Å². The molecule has 2 aromatic carbocycles. The van der Waals surface area contributed by atoms with Gasteiger partial charge in [-0.05, 0) is 24.6 Å². The van der Waals surface area contributed by atoms with Crippen LogP contribution in [-0.2, 0) is 9.59 Å². The average molecular weight is 335 g/mol. The van der Waals surface area contributed by atoms with Gasteiger partial charge in [0.05, 0.1) is 11.6 Å². The summed E-state index contributed by atoms with van der Waals surface area (Å²) in [5, 5.41) is 10.5. The molecule has 1 heterocycles. The van der Waals surface area contributed by atoms with E-state index in [1.54, 1.807) is 13.8 Å². The van der Waals surface area contributed by atoms with Crippen LogP contribution in [0.3, 0.4) is 0 Å². The molecule has 1 unspecified atom stereocenters. The maximum atomic E-state index is 12.8. The summed E-state index contributed by atoms with van der Waals surface area (Å²) < 4.78 is 0. The van der Waals surface area contributed by atoms with Crippen LogP contribution in [0.15, 0.2) is 65.9 Å². The second kappa shape index (κ2) is 6.55. The van der Waals surface area contributed by atoms with Gasteiger partial charge in [0.15, 0.2) is 11.5 Å². The molecule has 0 aromatic heterocycles. The fraction of sp³-hybridized carbons (Fsp3) is 0.238. The Hall–Kier alpha value is -2.88. The number of rotatable bonds is 4. The molecule has 4 heteroatoms. The van der Waals surface area contributed by atoms with Gasteiger partial charge in [-0.2, -0.15) is 0 Å². The highest BCUT2D eigenvalue weighted by Gasteiger charge is 2.44. The van der Waals surface area contributed by atoms with E-state index in [-0.39, 0.29) is 17.3 Å². The molecule has 1 aliphatic heterocycles. The lowest BCUT2D eigenvalue weighted by molar-refractivity contribution is -0.119. The highest BCUT2D eigenvalue weighted by molar-refractivity contribution is 6.16. The number of amides is 1. The topological polar surface area (TPSA) is 57.6 Å². The van der Waals surface area contributed by atoms with Crippen molar-refractivity contribution in [2.45, 2.75) is 26.8 Å². The Balaban J connectivity index is 2.17. The third-order valence-corrected chi connectivity index (χ3v) is 4.43. The number of carbonyl (C=O) groups is 2. The van der Waals surface area contributed by atoms with Crippen LogP contribution in [0.1, 0.15) is 31.0 Å². The number of aliphatic hydroxyl groups is 1. The zero-order valence-corrected chi connectivity index (χ0v) is 14.6. The third-order valence-electron chi connectivity index (χ3n) is 4.43. The Morgan fingerprint density at radius 3 is 2.20 bits per heavy atom. The number of aryl methyl sites for hydroxylation is 1. The third kappa shape index (κ3) is 2.95. The predicted molar refractivity (Wildman–Crippen MR) is 97.3 cm³/mol. The number of carbonyl (C=O) groups excluding carboxylic acids is 2. The van der Waals surface area contributed by atoms with Crippen LogP contribution >= 0.6 is 0 Å². The van der Waals surface area contributed by atoms with Crippen molar-refractivity contribution in [3.05, 3.63) is 77.1 Å². The number of ketones is 1. The summed E-state index contributed by atoms with van der Waals surface area (Å²) in [4.78, 5) is 27.0. The molecule has 1 aliphatic rings. The second-order valence-corrected chi connectivity index (χ2v) is 6.61. The average Bonchev–Trinajstić information content (AvgIpc) is 2.87. The zero-order chi connectivity index (χ0) is 18.1. The molecule has 0 saturated carbocycles. The molecule has 25 heavy (non-hydrogen) atoms. The zero-order valence-electron chi connectivity index (χ0n) is 14.6. The molecule has 0 fully saturated rings. The first-order chi connectivity index (χ1) is 11.9. The largest absolute Gasteiger partial charge is 0.503 e. The summed E-state index contributed by atoms with van der Waals surface area (Å²) >= 11 is 0. The van der Waals surface area contributed by atoms with Gasteiger partial charge in [0.25, 0.3) is 5.91 Å². The summed E-state index contributed by atoms with van der Waals surface area (Å²) in [6.07, 6.45) is 0. The number of hydrogen-bond acceptors (Lipinski definition) is 3. The van der Waals surface area contributed by atoms with Gasteiger partial charge in [0.1, 0.15) is 0 Å². The first-order valence-corrected chi connectivity index (χ1v) is 8.34. The van der Waals surface area contributed by atoms with E-state index < -0.39 is 17.7 Å². The molecule has 128 valence electrons. The molecule has 3 rings (SSSR count). The van der Waals surface area contributed by atoms with E-state index in [0.29, 0.717) is 5.69 Å². The number of anilines is 1. The molecule has 2 aromatic rings. The Labute approximate surface area is 147 Å². The second-order valence-electron chi connectivity index (χ2n) is 6.61. The van der Waals surface area contributed by atoms with Gasteiger partial charge in [-0.1, -0.05) is 61.9 Å². The maximum absolute atomic E-state index is 12.8. The maximum Gasteiger partial charge on any atom is 0.294 e. The molecule has 4 nitrogen and oxygen atoms in total. The molecular formula is C21H21NO3. The first-order valence-electron chi connectivity index (χ1n) is 8.34. The van der Waals surface area contributed by atoms with Crippen LogP contribution in [0.5, 0.6) is 0 Å². The molecule has 0 aliphatic carbocycles. The Morgan fingerprint density at radius 2 is 1.64 bits per heavy atom. The lowest BCUT2D eigenvalue weighted by atomic mass is 9.91. The van der Waals surface area contributed by atoms with Crippen molar-refractivity contribution in [1.82, 2.24) is 0 Å². The Bertz CT molecular complexity index is 835. The fourth-order valence-corrected chi connectivity index (χ4v) is 3.09. The lowest BCUT2D eigenvalue weighted by Gasteiger charge is -2.27. The highest BCUT2D eigenvalue weighted by Crippen LogP contribution is 2.41. The summed E-state index contributed by atoms with van der Waals surface area (Å²) in [5.41, 5.74) is 2.70. The Morgan fingerprint density at radius 1 is 1.04 bits per heavy atom. The van der Waals surface area contributed by atoms with Gasteiger partial charge in [-0.15, -0.1) is 0 Å². The monoisotopic (exact) mass is 335 g/mol. The summed E-state index contributed by atoms with van der Waals surface area (Å²) in [6.45, 7) is 5.50.